The van der Waals surface area contributed by atoms with Crippen LogP contribution in [0, 0.1) is 0 Å². The van der Waals surface area contributed by atoms with Crippen LogP contribution in [0.25, 0.3) is 11.7 Å². The summed E-state index contributed by atoms with van der Waals surface area (Å²) in [6.07, 6.45) is 8.42. The molecule has 0 saturated heterocycles. The molecule has 0 radical (unpaired) electrons. The predicted octanol–water partition coefficient (Wildman–Crippen LogP) is 3.14. The van der Waals surface area contributed by atoms with Gasteiger partial charge in [0.2, 0.25) is 5.91 Å². The number of halogens is 1. The Hall–Kier alpha value is -2.47. The molecule has 0 atom stereocenters. The van der Waals surface area contributed by atoms with Gasteiger partial charge < -0.3 is 9.72 Å². The average molecular weight is 343 g/mol. The fraction of sp³-hybridized carbons (Fsp3) is 0. The summed E-state index contributed by atoms with van der Waals surface area (Å²) < 4.78 is 2.77. The van der Waals surface area contributed by atoms with Crippen molar-refractivity contribution >= 4 is 39.4 Å². The van der Waals surface area contributed by atoms with Crippen molar-refractivity contribution in [2.45, 2.75) is 0 Å². The Morgan fingerprint density at radius 2 is 2.10 bits per heavy atom. The molecule has 0 aromatic carbocycles. The lowest BCUT2D eigenvalue weighted by Gasteiger charge is -2.00. The molecule has 5 nitrogen and oxygen atoms in total. The van der Waals surface area contributed by atoms with E-state index in [0.29, 0.717) is 5.82 Å². The Bertz CT molecular complexity index is 808. The van der Waals surface area contributed by atoms with E-state index in [2.05, 4.69) is 31.2 Å². The van der Waals surface area contributed by atoms with E-state index in [4.69, 9.17) is 0 Å². The van der Waals surface area contributed by atoms with Gasteiger partial charge in [0.1, 0.15) is 11.5 Å². The molecule has 0 aliphatic heterocycles. The number of anilines is 1. The summed E-state index contributed by atoms with van der Waals surface area (Å²) in [5, 5.41) is 2.69. The number of imidazole rings is 1. The predicted molar refractivity (Wildman–Crippen MR) is 84.8 cm³/mol. The molecule has 0 bridgehead atoms. The number of nitrogens with zero attached hydrogens (tertiary/aromatic N) is 3. The van der Waals surface area contributed by atoms with Crippen LogP contribution in [-0.2, 0) is 4.79 Å². The SMILES string of the molecule is O=C(/C=C/c1cnc2ccccn12)Nc1ccc(Br)cn1. The van der Waals surface area contributed by atoms with Crippen molar-refractivity contribution in [2.75, 3.05) is 5.32 Å². The molecule has 0 fully saturated rings. The van der Waals surface area contributed by atoms with Gasteiger partial charge in [0, 0.05) is 22.9 Å². The zero-order valence-electron chi connectivity index (χ0n) is 10.9. The van der Waals surface area contributed by atoms with E-state index < -0.39 is 0 Å². The molecule has 3 heterocycles. The zero-order chi connectivity index (χ0) is 14.7. The minimum Gasteiger partial charge on any atom is -0.307 e. The molecule has 104 valence electrons. The molecule has 6 heteroatoms. The maximum Gasteiger partial charge on any atom is 0.249 e. The van der Waals surface area contributed by atoms with Crippen molar-refractivity contribution in [3.63, 3.8) is 0 Å². The number of aromatic nitrogens is 3. The van der Waals surface area contributed by atoms with Crippen molar-refractivity contribution in [1.82, 2.24) is 14.4 Å². The molecular formula is C15H11BrN4O. The van der Waals surface area contributed by atoms with Crippen LogP contribution in [-0.4, -0.2) is 20.3 Å². The van der Waals surface area contributed by atoms with Gasteiger partial charge in [-0.2, -0.15) is 0 Å². The molecule has 0 unspecified atom stereocenters. The highest BCUT2D eigenvalue weighted by Crippen LogP contribution is 2.11. The Morgan fingerprint density at radius 3 is 2.90 bits per heavy atom. The number of fused-ring (bicyclic) bond motifs is 1. The molecular weight excluding hydrogens is 332 g/mol. The smallest absolute Gasteiger partial charge is 0.249 e. The van der Waals surface area contributed by atoms with Crippen LogP contribution in [0.1, 0.15) is 5.69 Å². The maximum absolute atomic E-state index is 11.8. The van der Waals surface area contributed by atoms with Crippen LogP contribution in [0.5, 0.6) is 0 Å². The van der Waals surface area contributed by atoms with Crippen molar-refractivity contribution in [1.29, 1.82) is 0 Å². The first-order valence-corrected chi connectivity index (χ1v) is 7.04. The minimum absolute atomic E-state index is 0.240. The number of amides is 1. The van der Waals surface area contributed by atoms with E-state index in [1.54, 1.807) is 24.5 Å². The number of rotatable bonds is 3. The van der Waals surface area contributed by atoms with Gasteiger partial charge in [-0.3, -0.25) is 4.79 Å². The van der Waals surface area contributed by atoms with Crippen molar-refractivity contribution in [3.05, 3.63) is 65.2 Å². The van der Waals surface area contributed by atoms with Gasteiger partial charge in [-0.05, 0) is 46.3 Å². The standard InChI is InChI=1S/C15H11BrN4O/c16-11-4-6-13(17-9-11)19-15(21)7-5-12-10-18-14-3-1-2-8-20(12)14/h1-10H,(H,17,19,21)/b7-5+. The lowest BCUT2D eigenvalue weighted by molar-refractivity contribution is -0.111. The second-order valence-corrected chi connectivity index (χ2v) is 5.21. The Balaban J connectivity index is 1.73. The van der Waals surface area contributed by atoms with E-state index in [0.717, 1.165) is 15.8 Å². The van der Waals surface area contributed by atoms with Crippen molar-refractivity contribution < 1.29 is 4.79 Å². The molecule has 1 N–H and O–H groups in total. The molecule has 21 heavy (non-hydrogen) atoms. The quantitative estimate of drug-likeness (QED) is 0.744. The first-order valence-electron chi connectivity index (χ1n) is 6.25. The summed E-state index contributed by atoms with van der Waals surface area (Å²) in [5.74, 6) is 0.265. The minimum atomic E-state index is -0.240. The van der Waals surface area contributed by atoms with E-state index >= 15 is 0 Å². The van der Waals surface area contributed by atoms with Crippen LogP contribution >= 0.6 is 15.9 Å². The van der Waals surface area contributed by atoms with Gasteiger partial charge >= 0.3 is 0 Å². The molecule has 1 amide bonds. The van der Waals surface area contributed by atoms with Gasteiger partial charge in [-0.15, -0.1) is 0 Å². The fourth-order valence-electron chi connectivity index (χ4n) is 1.85. The van der Waals surface area contributed by atoms with E-state index in [9.17, 15) is 4.79 Å². The summed E-state index contributed by atoms with van der Waals surface area (Å²) in [4.78, 5) is 20.2. The number of pyridine rings is 2. The van der Waals surface area contributed by atoms with Crippen LogP contribution in [0.2, 0.25) is 0 Å². The molecule has 0 saturated carbocycles. The largest absolute Gasteiger partial charge is 0.307 e. The second kappa shape index (κ2) is 5.88. The number of hydrogen-bond acceptors (Lipinski definition) is 3. The van der Waals surface area contributed by atoms with Crippen LogP contribution in [0.3, 0.4) is 0 Å². The third-order valence-electron chi connectivity index (χ3n) is 2.83. The number of carbonyl (C=O) groups is 1. The zero-order valence-corrected chi connectivity index (χ0v) is 12.5. The van der Waals surface area contributed by atoms with Crippen LogP contribution in [0.4, 0.5) is 5.82 Å². The number of nitrogens with one attached hydrogen (secondary N) is 1. The molecule has 3 aromatic heterocycles. The molecule has 3 rings (SSSR count). The summed E-state index contributed by atoms with van der Waals surface area (Å²) in [7, 11) is 0. The van der Waals surface area contributed by atoms with Crippen LogP contribution < -0.4 is 5.32 Å². The summed E-state index contributed by atoms with van der Waals surface area (Å²) >= 11 is 3.29. The Kier molecular flexibility index (Phi) is 3.79. The first-order chi connectivity index (χ1) is 10.2. The molecule has 0 aliphatic carbocycles. The van der Waals surface area contributed by atoms with E-state index in [1.165, 1.54) is 6.08 Å². The van der Waals surface area contributed by atoms with Gasteiger partial charge in [-0.25, -0.2) is 9.97 Å². The summed E-state index contributed by atoms with van der Waals surface area (Å²) in [6.45, 7) is 0. The fourth-order valence-corrected chi connectivity index (χ4v) is 2.09. The Morgan fingerprint density at radius 1 is 1.19 bits per heavy atom. The average Bonchev–Trinajstić information content (AvgIpc) is 2.91. The monoisotopic (exact) mass is 342 g/mol. The third kappa shape index (κ3) is 3.17. The summed E-state index contributed by atoms with van der Waals surface area (Å²) in [6, 6.07) is 9.28. The first kappa shape index (κ1) is 13.5. The van der Waals surface area contributed by atoms with Gasteiger partial charge in [0.25, 0.3) is 0 Å². The lowest BCUT2D eigenvalue weighted by Crippen LogP contribution is -2.08. The van der Waals surface area contributed by atoms with Crippen LogP contribution in [0.15, 0.2) is 59.5 Å². The van der Waals surface area contributed by atoms with E-state index in [-0.39, 0.29) is 5.91 Å². The highest BCUT2D eigenvalue weighted by Gasteiger charge is 2.01. The highest BCUT2D eigenvalue weighted by atomic mass is 79.9. The second-order valence-electron chi connectivity index (χ2n) is 4.30. The third-order valence-corrected chi connectivity index (χ3v) is 3.30. The number of carbonyl (C=O) groups excluding carboxylic acids is 1. The van der Waals surface area contributed by atoms with E-state index in [1.807, 2.05) is 34.9 Å². The summed E-state index contributed by atoms with van der Waals surface area (Å²) in [5.41, 5.74) is 1.68. The molecule has 0 aliphatic rings. The lowest BCUT2D eigenvalue weighted by atomic mass is 10.3. The normalized spacial score (nSPS) is 11.1. The van der Waals surface area contributed by atoms with Gasteiger partial charge in [-0.1, -0.05) is 6.07 Å². The molecule has 3 aromatic rings. The van der Waals surface area contributed by atoms with Gasteiger partial charge in [0.15, 0.2) is 0 Å². The highest BCUT2D eigenvalue weighted by molar-refractivity contribution is 9.10. The number of hydrogen-bond donors (Lipinski definition) is 1. The Labute approximate surface area is 129 Å². The van der Waals surface area contributed by atoms with Crippen molar-refractivity contribution in [3.8, 4) is 0 Å². The van der Waals surface area contributed by atoms with Gasteiger partial charge in [0.05, 0.1) is 11.9 Å². The molecule has 0 spiro atoms. The topological polar surface area (TPSA) is 59.3 Å². The maximum atomic E-state index is 11.8. The van der Waals surface area contributed by atoms with Crippen molar-refractivity contribution in [2.24, 2.45) is 0 Å².